The van der Waals surface area contributed by atoms with Gasteiger partial charge in [0, 0.05) is 34.0 Å². The number of anilines is 3. The van der Waals surface area contributed by atoms with E-state index >= 15 is 0 Å². The Morgan fingerprint density at radius 3 is 1.52 bits per heavy atom. The van der Waals surface area contributed by atoms with Crippen LogP contribution in [0, 0.1) is 5.92 Å². The zero-order chi connectivity index (χ0) is 37.6. The van der Waals surface area contributed by atoms with E-state index in [4.69, 9.17) is 0 Å². The fraction of sp³-hybridized carbons (Fsp3) is 0.164. The maximum atomic E-state index is 2.61. The van der Waals surface area contributed by atoms with Gasteiger partial charge in [0.15, 0.2) is 0 Å². The Labute approximate surface area is 330 Å². The third-order valence-electron chi connectivity index (χ3n) is 14.3. The number of benzene rings is 7. The standard InChI is InChI=1S/C55H43N/c1-53(2)44-22-10-5-16-36(44)41-30-28-34(32-49(41)53)56(35-29-31-42-37-17-6-11-23-45(37)54(3,4)50(42)33-35)51-27-15-21-43-40-20-9-14-26-48(40)55(52(43)51)46-24-12-7-18-38(46)39-19-8-13-25-47(39)55/h5-33,38,46H,1-4H3. The van der Waals surface area contributed by atoms with Crippen LogP contribution in [0.15, 0.2) is 176 Å². The fourth-order valence-electron chi connectivity index (χ4n) is 11.9. The van der Waals surface area contributed by atoms with E-state index in [9.17, 15) is 0 Å². The largest absolute Gasteiger partial charge is 0.310 e. The van der Waals surface area contributed by atoms with Gasteiger partial charge in [-0.3, -0.25) is 0 Å². The Morgan fingerprint density at radius 1 is 0.411 bits per heavy atom. The van der Waals surface area contributed by atoms with E-state index in [2.05, 4.69) is 209 Å². The van der Waals surface area contributed by atoms with Crippen molar-refractivity contribution in [3.8, 4) is 33.4 Å². The maximum Gasteiger partial charge on any atom is 0.0558 e. The second-order valence-electron chi connectivity index (χ2n) is 17.6. The second kappa shape index (κ2) is 11.0. The normalized spacial score (nSPS) is 21.4. The Balaban J connectivity index is 1.17. The highest BCUT2D eigenvalue weighted by atomic mass is 15.1. The van der Waals surface area contributed by atoms with E-state index < -0.39 is 0 Å². The van der Waals surface area contributed by atoms with Crippen LogP contribution >= 0.6 is 0 Å². The van der Waals surface area contributed by atoms with Crippen LogP contribution in [0.3, 0.4) is 0 Å². The minimum atomic E-state index is -0.359. The third kappa shape index (κ3) is 3.86. The van der Waals surface area contributed by atoms with Gasteiger partial charge in [-0.2, -0.15) is 0 Å². The van der Waals surface area contributed by atoms with Gasteiger partial charge in [0.2, 0.25) is 0 Å². The molecule has 0 aromatic heterocycles. The summed E-state index contributed by atoms with van der Waals surface area (Å²) in [4.78, 5) is 2.61. The zero-order valence-electron chi connectivity index (χ0n) is 32.3. The summed E-state index contributed by atoms with van der Waals surface area (Å²) in [6.07, 6.45) is 9.49. The number of allylic oxidation sites excluding steroid dienone is 4. The summed E-state index contributed by atoms with van der Waals surface area (Å²) >= 11 is 0. The van der Waals surface area contributed by atoms with Crippen molar-refractivity contribution in [2.75, 3.05) is 4.90 Å². The quantitative estimate of drug-likeness (QED) is 0.176. The minimum Gasteiger partial charge on any atom is -0.310 e. The smallest absolute Gasteiger partial charge is 0.0558 e. The van der Waals surface area contributed by atoms with Crippen molar-refractivity contribution < 1.29 is 0 Å². The summed E-state index contributed by atoms with van der Waals surface area (Å²) in [5.74, 6) is 0.549. The lowest BCUT2D eigenvalue weighted by Crippen LogP contribution is -2.34. The van der Waals surface area contributed by atoms with Gasteiger partial charge in [0.05, 0.1) is 11.1 Å². The van der Waals surface area contributed by atoms with Crippen LogP contribution in [-0.4, -0.2) is 0 Å². The monoisotopic (exact) mass is 717 g/mol. The lowest BCUT2D eigenvalue weighted by atomic mass is 9.65. The molecule has 0 N–H and O–H groups in total. The van der Waals surface area contributed by atoms with Gasteiger partial charge >= 0.3 is 0 Å². The Morgan fingerprint density at radius 2 is 0.893 bits per heavy atom. The van der Waals surface area contributed by atoms with Crippen molar-refractivity contribution in [2.24, 2.45) is 5.92 Å². The zero-order valence-corrected chi connectivity index (χ0v) is 32.3. The Kier molecular flexibility index (Phi) is 6.30. The first-order chi connectivity index (χ1) is 27.3. The third-order valence-corrected chi connectivity index (χ3v) is 14.3. The average Bonchev–Trinajstić information content (AvgIpc) is 3.87. The van der Waals surface area contributed by atoms with Gasteiger partial charge in [0.1, 0.15) is 0 Å². The summed E-state index contributed by atoms with van der Waals surface area (Å²) in [5, 5.41) is 0. The van der Waals surface area contributed by atoms with Gasteiger partial charge in [-0.1, -0.05) is 173 Å². The second-order valence-corrected chi connectivity index (χ2v) is 17.6. The molecule has 12 rings (SSSR count). The van der Waals surface area contributed by atoms with Crippen LogP contribution in [0.4, 0.5) is 17.1 Å². The number of hydrogen-bond acceptors (Lipinski definition) is 1. The molecular weight excluding hydrogens is 675 g/mol. The van der Waals surface area contributed by atoms with Gasteiger partial charge < -0.3 is 4.90 Å². The van der Waals surface area contributed by atoms with Gasteiger partial charge in [0.25, 0.3) is 0 Å². The SMILES string of the molecule is CC1(C)c2ccccc2-c2ccc(N(c3ccc4c(c3)C(C)(C)c3ccccc3-4)c3cccc4c3C3(c5ccccc5-4)c4ccccc4C4C=CC=CC43)cc21. The van der Waals surface area contributed by atoms with E-state index in [1.165, 1.54) is 95.0 Å². The molecule has 1 heteroatoms. The Bertz CT molecular complexity index is 2790. The molecule has 0 bridgehead atoms. The van der Waals surface area contributed by atoms with Crippen LogP contribution in [0.25, 0.3) is 33.4 Å². The topological polar surface area (TPSA) is 3.24 Å². The molecule has 0 heterocycles. The lowest BCUT2D eigenvalue weighted by Gasteiger charge is -2.39. The first kappa shape index (κ1) is 32.1. The van der Waals surface area contributed by atoms with Crippen LogP contribution in [0.1, 0.15) is 78.1 Å². The molecule has 5 aliphatic carbocycles. The highest BCUT2D eigenvalue weighted by Gasteiger charge is 2.58. The van der Waals surface area contributed by atoms with Gasteiger partial charge in [-0.15, -0.1) is 0 Å². The first-order valence-electron chi connectivity index (χ1n) is 20.3. The van der Waals surface area contributed by atoms with Crippen LogP contribution < -0.4 is 4.90 Å². The predicted molar refractivity (Wildman–Crippen MR) is 233 cm³/mol. The average molecular weight is 718 g/mol. The molecule has 56 heavy (non-hydrogen) atoms. The number of hydrogen-bond donors (Lipinski definition) is 0. The maximum absolute atomic E-state index is 2.61. The molecule has 268 valence electrons. The molecule has 7 aromatic carbocycles. The molecule has 0 radical (unpaired) electrons. The highest BCUT2D eigenvalue weighted by molar-refractivity contribution is 5.95. The molecule has 0 fully saturated rings. The molecule has 0 saturated heterocycles. The molecule has 5 aliphatic rings. The summed E-state index contributed by atoms with van der Waals surface area (Å²) < 4.78 is 0. The van der Waals surface area contributed by atoms with Crippen LogP contribution in [0.5, 0.6) is 0 Å². The van der Waals surface area contributed by atoms with Crippen LogP contribution in [0.2, 0.25) is 0 Å². The number of rotatable bonds is 3. The molecule has 1 nitrogen and oxygen atoms in total. The Hall–Kier alpha value is -6.18. The van der Waals surface area contributed by atoms with E-state index in [1.54, 1.807) is 0 Å². The summed E-state index contributed by atoms with van der Waals surface area (Å²) in [6, 6.07) is 58.2. The summed E-state index contributed by atoms with van der Waals surface area (Å²) in [7, 11) is 0. The summed E-state index contributed by atoms with van der Waals surface area (Å²) in [5.41, 5.74) is 22.4. The van der Waals surface area contributed by atoms with Crippen molar-refractivity contribution in [2.45, 2.75) is 49.9 Å². The number of fused-ring (bicyclic) bond motifs is 16. The molecule has 0 saturated carbocycles. The minimum absolute atomic E-state index is 0.123. The number of nitrogens with zero attached hydrogens (tertiary/aromatic N) is 1. The predicted octanol–water partition coefficient (Wildman–Crippen LogP) is 13.9. The molecule has 0 amide bonds. The van der Waals surface area contributed by atoms with E-state index in [-0.39, 0.29) is 22.2 Å². The molecule has 3 unspecified atom stereocenters. The van der Waals surface area contributed by atoms with E-state index in [0.29, 0.717) is 5.92 Å². The first-order valence-corrected chi connectivity index (χ1v) is 20.3. The molecule has 3 atom stereocenters. The lowest BCUT2D eigenvalue weighted by molar-refractivity contribution is 0.466. The van der Waals surface area contributed by atoms with Crippen molar-refractivity contribution >= 4 is 17.1 Å². The molecular formula is C55H43N. The molecule has 1 spiro atoms. The van der Waals surface area contributed by atoms with E-state index in [0.717, 1.165) is 0 Å². The highest BCUT2D eigenvalue weighted by Crippen LogP contribution is 2.67. The van der Waals surface area contributed by atoms with Gasteiger partial charge in [-0.05, 0) is 108 Å². The molecule has 7 aromatic rings. The van der Waals surface area contributed by atoms with Crippen molar-refractivity contribution in [3.05, 3.63) is 220 Å². The van der Waals surface area contributed by atoms with Crippen LogP contribution in [-0.2, 0) is 16.2 Å². The van der Waals surface area contributed by atoms with Gasteiger partial charge in [-0.25, -0.2) is 0 Å². The fourth-order valence-corrected chi connectivity index (χ4v) is 11.9. The van der Waals surface area contributed by atoms with E-state index in [1.807, 2.05) is 0 Å². The molecule has 0 aliphatic heterocycles. The van der Waals surface area contributed by atoms with Crippen molar-refractivity contribution in [1.82, 2.24) is 0 Å². The summed E-state index contributed by atoms with van der Waals surface area (Å²) in [6.45, 7) is 9.58. The van der Waals surface area contributed by atoms with Crippen molar-refractivity contribution in [1.29, 1.82) is 0 Å². The van der Waals surface area contributed by atoms with Crippen molar-refractivity contribution in [3.63, 3.8) is 0 Å².